The van der Waals surface area contributed by atoms with Crippen molar-refractivity contribution in [3.63, 3.8) is 0 Å². The molecule has 0 saturated carbocycles. The molecule has 0 spiro atoms. The molecule has 17 heavy (non-hydrogen) atoms. The molecule has 2 rings (SSSR count). The fourth-order valence-corrected chi connectivity index (χ4v) is 1.58. The van der Waals surface area contributed by atoms with Gasteiger partial charge in [0.05, 0.1) is 4.92 Å². The SMILES string of the molecule is Nc1cc(O)ccc1-c1ccc([N+](=O)[O-])cc1. The van der Waals surface area contributed by atoms with Gasteiger partial charge in [-0.3, -0.25) is 10.1 Å². The van der Waals surface area contributed by atoms with Crippen LogP contribution in [0.25, 0.3) is 11.1 Å². The van der Waals surface area contributed by atoms with Gasteiger partial charge in [0.25, 0.3) is 5.69 Å². The van der Waals surface area contributed by atoms with Crippen molar-refractivity contribution in [2.24, 2.45) is 0 Å². The largest absolute Gasteiger partial charge is 0.508 e. The van der Waals surface area contributed by atoms with Crippen molar-refractivity contribution in [3.8, 4) is 16.9 Å². The molecule has 86 valence electrons. The van der Waals surface area contributed by atoms with E-state index in [9.17, 15) is 15.2 Å². The molecular weight excluding hydrogens is 220 g/mol. The molecule has 0 unspecified atom stereocenters. The van der Waals surface area contributed by atoms with E-state index in [0.717, 1.165) is 11.1 Å². The summed E-state index contributed by atoms with van der Waals surface area (Å²) in [5.74, 6) is 0.0909. The van der Waals surface area contributed by atoms with E-state index in [0.29, 0.717) is 5.69 Å². The van der Waals surface area contributed by atoms with Crippen LogP contribution in [0.4, 0.5) is 11.4 Å². The Morgan fingerprint density at radius 2 is 1.76 bits per heavy atom. The van der Waals surface area contributed by atoms with Crippen LogP contribution in [-0.4, -0.2) is 10.0 Å². The van der Waals surface area contributed by atoms with Crippen molar-refractivity contribution in [3.05, 3.63) is 52.6 Å². The maximum Gasteiger partial charge on any atom is 0.269 e. The summed E-state index contributed by atoms with van der Waals surface area (Å²) in [7, 11) is 0. The monoisotopic (exact) mass is 230 g/mol. The summed E-state index contributed by atoms with van der Waals surface area (Å²) in [6, 6.07) is 10.7. The molecule has 0 saturated heterocycles. The molecule has 0 atom stereocenters. The highest BCUT2D eigenvalue weighted by Gasteiger charge is 2.07. The second-order valence-corrected chi connectivity index (χ2v) is 3.58. The van der Waals surface area contributed by atoms with Crippen molar-refractivity contribution in [1.29, 1.82) is 0 Å². The van der Waals surface area contributed by atoms with Gasteiger partial charge in [0, 0.05) is 29.4 Å². The van der Waals surface area contributed by atoms with E-state index in [-0.39, 0.29) is 11.4 Å². The van der Waals surface area contributed by atoms with Crippen LogP contribution in [0, 0.1) is 10.1 Å². The molecule has 5 nitrogen and oxygen atoms in total. The average Bonchev–Trinajstić information content (AvgIpc) is 2.29. The molecule has 0 aromatic heterocycles. The Morgan fingerprint density at radius 3 is 2.29 bits per heavy atom. The van der Waals surface area contributed by atoms with Gasteiger partial charge >= 0.3 is 0 Å². The lowest BCUT2D eigenvalue weighted by molar-refractivity contribution is -0.384. The number of nitrogen functional groups attached to an aromatic ring is 1. The Bertz CT molecular complexity index is 564. The smallest absolute Gasteiger partial charge is 0.269 e. The zero-order chi connectivity index (χ0) is 12.4. The van der Waals surface area contributed by atoms with E-state index in [1.165, 1.54) is 24.3 Å². The summed E-state index contributed by atoms with van der Waals surface area (Å²) in [5.41, 5.74) is 7.73. The molecule has 2 aromatic rings. The quantitative estimate of drug-likeness (QED) is 0.471. The molecule has 5 heteroatoms. The first kappa shape index (κ1) is 10.9. The molecule has 2 aromatic carbocycles. The first-order valence-corrected chi connectivity index (χ1v) is 4.91. The second-order valence-electron chi connectivity index (χ2n) is 3.58. The van der Waals surface area contributed by atoms with Crippen LogP contribution >= 0.6 is 0 Å². The van der Waals surface area contributed by atoms with Crippen molar-refractivity contribution in [2.45, 2.75) is 0 Å². The number of aromatic hydroxyl groups is 1. The van der Waals surface area contributed by atoms with Crippen LogP contribution < -0.4 is 5.73 Å². The molecule has 0 aliphatic heterocycles. The van der Waals surface area contributed by atoms with Gasteiger partial charge < -0.3 is 10.8 Å². The normalized spacial score (nSPS) is 10.1. The standard InChI is InChI=1S/C12H10N2O3/c13-12-7-10(15)5-6-11(12)8-1-3-9(4-2-8)14(16)17/h1-7,15H,13H2. The fraction of sp³-hybridized carbons (Fsp3) is 0. The van der Waals surface area contributed by atoms with Crippen LogP contribution in [0.1, 0.15) is 0 Å². The molecule has 3 N–H and O–H groups in total. The lowest BCUT2D eigenvalue weighted by Gasteiger charge is -2.05. The Morgan fingerprint density at radius 1 is 1.12 bits per heavy atom. The molecule has 0 amide bonds. The average molecular weight is 230 g/mol. The van der Waals surface area contributed by atoms with Gasteiger partial charge in [-0.1, -0.05) is 0 Å². The molecular formula is C12H10N2O3. The van der Waals surface area contributed by atoms with Crippen LogP contribution in [0.2, 0.25) is 0 Å². The Hall–Kier alpha value is -2.56. The van der Waals surface area contributed by atoms with Crippen molar-refractivity contribution >= 4 is 11.4 Å². The predicted molar refractivity (Wildman–Crippen MR) is 64.6 cm³/mol. The summed E-state index contributed by atoms with van der Waals surface area (Å²) < 4.78 is 0. The summed E-state index contributed by atoms with van der Waals surface area (Å²) in [6.07, 6.45) is 0. The van der Waals surface area contributed by atoms with Crippen LogP contribution in [0.15, 0.2) is 42.5 Å². The first-order chi connectivity index (χ1) is 8.08. The second kappa shape index (κ2) is 4.13. The minimum atomic E-state index is -0.454. The van der Waals surface area contributed by atoms with Crippen LogP contribution in [0.3, 0.4) is 0 Å². The number of anilines is 1. The minimum absolute atomic E-state index is 0.0334. The minimum Gasteiger partial charge on any atom is -0.508 e. The molecule has 0 aliphatic carbocycles. The number of hydrogen-bond acceptors (Lipinski definition) is 4. The van der Waals surface area contributed by atoms with Crippen molar-refractivity contribution in [2.75, 3.05) is 5.73 Å². The molecule has 0 bridgehead atoms. The lowest BCUT2D eigenvalue weighted by Crippen LogP contribution is -1.91. The third-order valence-electron chi connectivity index (χ3n) is 2.42. The van der Waals surface area contributed by atoms with Gasteiger partial charge in [-0.2, -0.15) is 0 Å². The summed E-state index contributed by atoms with van der Waals surface area (Å²) in [4.78, 5) is 10.1. The third kappa shape index (κ3) is 2.17. The van der Waals surface area contributed by atoms with Gasteiger partial charge in [0.2, 0.25) is 0 Å². The highest BCUT2D eigenvalue weighted by atomic mass is 16.6. The summed E-state index contributed by atoms with van der Waals surface area (Å²) in [6.45, 7) is 0. The topological polar surface area (TPSA) is 89.4 Å². The summed E-state index contributed by atoms with van der Waals surface area (Å²) in [5, 5.41) is 19.7. The van der Waals surface area contributed by atoms with Crippen LogP contribution in [0.5, 0.6) is 5.75 Å². The van der Waals surface area contributed by atoms with Gasteiger partial charge in [-0.25, -0.2) is 0 Å². The number of non-ortho nitro benzene ring substituents is 1. The highest BCUT2D eigenvalue weighted by molar-refractivity contribution is 5.77. The molecule has 0 heterocycles. The first-order valence-electron chi connectivity index (χ1n) is 4.91. The molecule has 0 radical (unpaired) electrons. The Balaban J connectivity index is 2.43. The zero-order valence-corrected chi connectivity index (χ0v) is 8.83. The predicted octanol–water partition coefficient (Wildman–Crippen LogP) is 2.55. The number of nitrogens with two attached hydrogens (primary N) is 1. The lowest BCUT2D eigenvalue weighted by atomic mass is 10.0. The van der Waals surface area contributed by atoms with Gasteiger partial charge in [-0.05, 0) is 29.8 Å². The van der Waals surface area contributed by atoms with Gasteiger partial charge in [0.15, 0.2) is 0 Å². The van der Waals surface area contributed by atoms with E-state index in [2.05, 4.69) is 0 Å². The molecule has 0 fully saturated rings. The number of rotatable bonds is 2. The third-order valence-corrected chi connectivity index (χ3v) is 2.42. The number of nitro benzene ring substituents is 1. The van der Waals surface area contributed by atoms with Crippen molar-refractivity contribution in [1.82, 2.24) is 0 Å². The van der Waals surface area contributed by atoms with E-state index in [1.54, 1.807) is 18.2 Å². The van der Waals surface area contributed by atoms with E-state index >= 15 is 0 Å². The van der Waals surface area contributed by atoms with E-state index < -0.39 is 4.92 Å². The number of phenols is 1. The fourth-order valence-electron chi connectivity index (χ4n) is 1.58. The maximum absolute atomic E-state index is 10.5. The number of nitro groups is 1. The number of nitrogens with zero attached hydrogens (tertiary/aromatic N) is 1. The molecule has 0 aliphatic rings. The zero-order valence-electron chi connectivity index (χ0n) is 8.83. The number of hydrogen-bond donors (Lipinski definition) is 2. The number of benzene rings is 2. The van der Waals surface area contributed by atoms with E-state index in [1.807, 2.05) is 0 Å². The van der Waals surface area contributed by atoms with Gasteiger partial charge in [0.1, 0.15) is 5.75 Å². The Kier molecular flexibility index (Phi) is 2.66. The van der Waals surface area contributed by atoms with E-state index in [4.69, 9.17) is 5.73 Å². The highest BCUT2D eigenvalue weighted by Crippen LogP contribution is 2.29. The summed E-state index contributed by atoms with van der Waals surface area (Å²) >= 11 is 0. The Labute approximate surface area is 97.3 Å². The van der Waals surface area contributed by atoms with Crippen molar-refractivity contribution < 1.29 is 10.0 Å². The van der Waals surface area contributed by atoms with Crippen LogP contribution in [-0.2, 0) is 0 Å². The maximum atomic E-state index is 10.5. The number of phenolic OH excluding ortho intramolecular Hbond substituents is 1. The van der Waals surface area contributed by atoms with Gasteiger partial charge in [-0.15, -0.1) is 0 Å².